The highest BCUT2D eigenvalue weighted by Gasteiger charge is 2.35. The number of carbonyl (C=O) groups excluding carboxylic acids is 1. The van der Waals surface area contributed by atoms with Crippen LogP contribution in [0.15, 0.2) is 18.2 Å². The third-order valence-corrected chi connectivity index (χ3v) is 6.21. The van der Waals surface area contributed by atoms with E-state index in [0.29, 0.717) is 37.7 Å². The molecular weight excluding hydrogens is 393 g/mol. The highest BCUT2D eigenvalue weighted by molar-refractivity contribution is 5.79. The molecule has 2 fully saturated rings. The predicted molar refractivity (Wildman–Crippen MR) is 109 cm³/mol. The third kappa shape index (κ3) is 5.07. The summed E-state index contributed by atoms with van der Waals surface area (Å²) >= 11 is 0. The first-order valence-corrected chi connectivity index (χ1v) is 10.6. The Kier molecular flexibility index (Phi) is 6.91. The van der Waals surface area contributed by atoms with Gasteiger partial charge in [0.1, 0.15) is 0 Å². The molecule has 0 aromatic heterocycles. The Hall–Kier alpha value is -2.27. The molecule has 8 heteroatoms. The lowest BCUT2D eigenvalue weighted by molar-refractivity contribution is -0.138. The molecule has 30 heavy (non-hydrogen) atoms. The zero-order chi connectivity index (χ0) is 21.9. The van der Waals surface area contributed by atoms with Crippen LogP contribution in [-0.2, 0) is 11.0 Å². The summed E-state index contributed by atoms with van der Waals surface area (Å²) in [5.74, 6) is 0.100. The largest absolute Gasteiger partial charge is 0.417 e. The molecule has 1 amide bonds. The normalized spacial score (nSPS) is 19.6. The lowest BCUT2D eigenvalue weighted by atomic mass is 9.94. The lowest BCUT2D eigenvalue weighted by Gasteiger charge is -2.35. The molecule has 0 radical (unpaired) electrons. The van der Waals surface area contributed by atoms with Crippen molar-refractivity contribution in [2.45, 2.75) is 45.3 Å². The molecule has 0 bridgehead atoms. The smallest absolute Gasteiger partial charge is 0.371 e. The van der Waals surface area contributed by atoms with Crippen LogP contribution in [0.1, 0.15) is 44.2 Å². The number of anilines is 1. The summed E-state index contributed by atoms with van der Waals surface area (Å²) in [7, 11) is 0. The molecule has 1 aromatic rings. The van der Waals surface area contributed by atoms with Gasteiger partial charge in [-0.1, -0.05) is 0 Å². The first kappa shape index (κ1) is 22.4. The number of halogens is 3. The Labute approximate surface area is 176 Å². The minimum atomic E-state index is -4.56. The number of benzene rings is 1. The van der Waals surface area contributed by atoms with Crippen molar-refractivity contribution >= 4 is 11.6 Å². The first-order valence-electron chi connectivity index (χ1n) is 10.6. The fourth-order valence-electron chi connectivity index (χ4n) is 4.38. The van der Waals surface area contributed by atoms with Gasteiger partial charge in [-0.25, -0.2) is 0 Å². The van der Waals surface area contributed by atoms with Gasteiger partial charge in [0.15, 0.2) is 0 Å². The van der Waals surface area contributed by atoms with Crippen molar-refractivity contribution in [3.8, 4) is 6.07 Å². The van der Waals surface area contributed by atoms with Gasteiger partial charge in [0, 0.05) is 56.9 Å². The Morgan fingerprint density at radius 1 is 1.10 bits per heavy atom. The Balaban J connectivity index is 1.61. The fraction of sp³-hybridized carbons (Fsp3) is 0.636. The van der Waals surface area contributed by atoms with Gasteiger partial charge in [-0.3, -0.25) is 9.69 Å². The maximum Gasteiger partial charge on any atom is 0.417 e. The van der Waals surface area contributed by atoms with Crippen LogP contribution in [0.25, 0.3) is 0 Å². The molecule has 0 atom stereocenters. The number of nitriles is 1. The Morgan fingerprint density at radius 3 is 2.40 bits per heavy atom. The van der Waals surface area contributed by atoms with Crippen molar-refractivity contribution in [1.82, 2.24) is 9.80 Å². The molecular formula is C22H29F3N4O. The van der Waals surface area contributed by atoms with E-state index in [0.717, 1.165) is 38.7 Å². The molecule has 1 aromatic carbocycles. The lowest BCUT2D eigenvalue weighted by Crippen LogP contribution is -2.44. The number of hydrogen-bond donors (Lipinski definition) is 0. The molecule has 0 unspecified atom stereocenters. The van der Waals surface area contributed by atoms with Gasteiger partial charge in [-0.2, -0.15) is 18.4 Å². The van der Waals surface area contributed by atoms with E-state index >= 15 is 0 Å². The van der Waals surface area contributed by atoms with Gasteiger partial charge >= 0.3 is 6.18 Å². The minimum absolute atomic E-state index is 0.0766. The molecule has 5 nitrogen and oxygen atoms in total. The van der Waals surface area contributed by atoms with Crippen molar-refractivity contribution in [1.29, 1.82) is 5.26 Å². The van der Waals surface area contributed by atoms with Crippen molar-refractivity contribution < 1.29 is 18.0 Å². The van der Waals surface area contributed by atoms with Crippen LogP contribution in [0, 0.1) is 17.2 Å². The number of hydrogen-bond acceptors (Lipinski definition) is 4. The van der Waals surface area contributed by atoms with E-state index in [4.69, 9.17) is 5.26 Å². The van der Waals surface area contributed by atoms with Gasteiger partial charge in [0.05, 0.1) is 17.2 Å². The van der Waals surface area contributed by atoms with Crippen LogP contribution < -0.4 is 4.90 Å². The van der Waals surface area contributed by atoms with E-state index < -0.39 is 11.7 Å². The van der Waals surface area contributed by atoms with Crippen molar-refractivity contribution in [3.63, 3.8) is 0 Å². The molecule has 0 aliphatic carbocycles. The second-order valence-corrected chi connectivity index (χ2v) is 8.41. The minimum Gasteiger partial charge on any atom is -0.371 e. The van der Waals surface area contributed by atoms with Gasteiger partial charge in [-0.05, 0) is 51.3 Å². The maximum atomic E-state index is 13.2. The van der Waals surface area contributed by atoms with Crippen LogP contribution in [0.2, 0.25) is 0 Å². The first-order chi connectivity index (χ1) is 14.2. The topological polar surface area (TPSA) is 50.6 Å². The summed E-state index contributed by atoms with van der Waals surface area (Å²) in [6.07, 6.45) is -2.34. The van der Waals surface area contributed by atoms with E-state index in [1.807, 2.05) is 9.80 Å². The molecule has 2 aliphatic heterocycles. The monoisotopic (exact) mass is 422 g/mol. The summed E-state index contributed by atoms with van der Waals surface area (Å²) in [4.78, 5) is 19.2. The van der Waals surface area contributed by atoms with E-state index in [-0.39, 0.29) is 17.4 Å². The fourth-order valence-corrected chi connectivity index (χ4v) is 4.38. The number of nitrogens with zero attached hydrogens (tertiary/aromatic N) is 4. The van der Waals surface area contributed by atoms with E-state index in [1.165, 1.54) is 6.07 Å². The molecule has 2 saturated heterocycles. The molecule has 0 spiro atoms. The molecule has 0 saturated carbocycles. The van der Waals surface area contributed by atoms with Crippen LogP contribution in [-0.4, -0.2) is 61.0 Å². The average Bonchev–Trinajstić information content (AvgIpc) is 2.99. The summed E-state index contributed by atoms with van der Waals surface area (Å²) in [5.41, 5.74) is -0.817. The zero-order valence-corrected chi connectivity index (χ0v) is 17.6. The average molecular weight is 422 g/mol. The number of carbonyl (C=O) groups is 1. The third-order valence-electron chi connectivity index (χ3n) is 6.21. The van der Waals surface area contributed by atoms with Crippen LogP contribution in [0.3, 0.4) is 0 Å². The SMILES string of the molecule is CC(C)N1CCCN(C(=O)C2CCN(c3ccc(C#N)c(C(F)(F)F)c3)CC2)CC1. The second kappa shape index (κ2) is 9.25. The molecule has 164 valence electrons. The molecule has 2 aliphatic rings. The quantitative estimate of drug-likeness (QED) is 0.745. The van der Waals surface area contributed by atoms with Gasteiger partial charge in [-0.15, -0.1) is 0 Å². The summed E-state index contributed by atoms with van der Waals surface area (Å²) in [6.45, 7) is 8.79. The summed E-state index contributed by atoms with van der Waals surface area (Å²) in [6, 6.07) is 5.92. The number of piperidine rings is 1. The Morgan fingerprint density at radius 2 is 1.80 bits per heavy atom. The highest BCUT2D eigenvalue weighted by Crippen LogP contribution is 2.35. The van der Waals surface area contributed by atoms with Crippen molar-refractivity contribution in [2.75, 3.05) is 44.2 Å². The van der Waals surface area contributed by atoms with Gasteiger partial charge < -0.3 is 9.80 Å². The van der Waals surface area contributed by atoms with Crippen LogP contribution >= 0.6 is 0 Å². The highest BCUT2D eigenvalue weighted by atomic mass is 19.4. The van der Waals surface area contributed by atoms with Crippen molar-refractivity contribution in [3.05, 3.63) is 29.3 Å². The molecule has 3 rings (SSSR count). The number of amides is 1. The number of alkyl halides is 3. The van der Waals surface area contributed by atoms with E-state index in [1.54, 1.807) is 12.1 Å². The van der Waals surface area contributed by atoms with Crippen LogP contribution in [0.5, 0.6) is 0 Å². The van der Waals surface area contributed by atoms with Gasteiger partial charge in [0.25, 0.3) is 0 Å². The molecule has 2 heterocycles. The second-order valence-electron chi connectivity index (χ2n) is 8.41. The summed E-state index contributed by atoms with van der Waals surface area (Å²) in [5, 5.41) is 8.96. The Bertz CT molecular complexity index is 795. The van der Waals surface area contributed by atoms with Gasteiger partial charge in [0.2, 0.25) is 5.91 Å². The predicted octanol–water partition coefficient (Wildman–Crippen LogP) is 3.74. The van der Waals surface area contributed by atoms with E-state index in [2.05, 4.69) is 18.7 Å². The molecule has 0 N–H and O–H groups in total. The van der Waals surface area contributed by atoms with Crippen LogP contribution in [0.4, 0.5) is 18.9 Å². The number of rotatable bonds is 3. The standard InChI is InChI=1S/C22H29F3N4O/c1-16(2)27-8-3-9-29(13-12-27)21(30)17-6-10-28(11-7-17)19-5-4-18(15-26)20(14-19)22(23,24)25/h4-5,14,16-17H,3,6-13H2,1-2H3. The maximum absolute atomic E-state index is 13.2. The summed E-state index contributed by atoms with van der Waals surface area (Å²) < 4.78 is 39.7. The van der Waals surface area contributed by atoms with Crippen molar-refractivity contribution in [2.24, 2.45) is 5.92 Å². The zero-order valence-electron chi connectivity index (χ0n) is 17.6. The van der Waals surface area contributed by atoms with E-state index in [9.17, 15) is 18.0 Å².